The number of fused-ring (bicyclic) bond motifs is 1. The van der Waals surface area contributed by atoms with Gasteiger partial charge in [0.15, 0.2) is 0 Å². The van der Waals surface area contributed by atoms with Gasteiger partial charge < -0.3 is 9.47 Å². The number of thiophene rings is 1. The number of aromatic nitrogens is 1. The van der Waals surface area contributed by atoms with Crippen molar-refractivity contribution < 1.29 is 4.79 Å². The molecule has 0 aliphatic carbocycles. The third-order valence-electron chi connectivity index (χ3n) is 5.87. The number of amides is 1. The SMILES string of the molecule is O=C(c1cc2sc(Br)cc2n1Cc1ccccc1)N1CCN(Cc2ccccc2)CC1. The lowest BCUT2D eigenvalue weighted by molar-refractivity contribution is 0.0619. The van der Waals surface area contributed by atoms with Crippen LogP contribution in [0.15, 0.2) is 76.6 Å². The zero-order valence-electron chi connectivity index (χ0n) is 17.2. The molecule has 5 rings (SSSR count). The van der Waals surface area contributed by atoms with E-state index in [4.69, 9.17) is 0 Å². The third-order valence-corrected chi connectivity index (χ3v) is 7.44. The molecule has 31 heavy (non-hydrogen) atoms. The van der Waals surface area contributed by atoms with Crippen LogP contribution in [0.5, 0.6) is 0 Å². The zero-order valence-corrected chi connectivity index (χ0v) is 19.6. The molecule has 0 atom stereocenters. The van der Waals surface area contributed by atoms with Gasteiger partial charge in [0.05, 0.1) is 14.0 Å². The van der Waals surface area contributed by atoms with E-state index in [1.54, 1.807) is 11.3 Å². The van der Waals surface area contributed by atoms with E-state index in [1.807, 2.05) is 29.2 Å². The van der Waals surface area contributed by atoms with Crippen LogP contribution < -0.4 is 0 Å². The summed E-state index contributed by atoms with van der Waals surface area (Å²) in [5, 5.41) is 0. The number of hydrogen-bond donors (Lipinski definition) is 0. The van der Waals surface area contributed by atoms with E-state index >= 15 is 0 Å². The Balaban J connectivity index is 1.34. The Bertz CT molecular complexity index is 1180. The molecule has 4 nitrogen and oxygen atoms in total. The van der Waals surface area contributed by atoms with Gasteiger partial charge in [0.1, 0.15) is 5.69 Å². The third kappa shape index (κ3) is 4.47. The van der Waals surface area contributed by atoms with Crippen molar-refractivity contribution in [1.29, 1.82) is 0 Å². The molecule has 2 aromatic heterocycles. The van der Waals surface area contributed by atoms with Gasteiger partial charge in [0, 0.05) is 39.3 Å². The summed E-state index contributed by atoms with van der Waals surface area (Å²) >= 11 is 5.28. The lowest BCUT2D eigenvalue weighted by Crippen LogP contribution is -2.48. The Morgan fingerprint density at radius 2 is 1.45 bits per heavy atom. The van der Waals surface area contributed by atoms with Crippen LogP contribution in [0.25, 0.3) is 10.2 Å². The Hall–Kier alpha value is -2.41. The maximum Gasteiger partial charge on any atom is 0.270 e. The minimum Gasteiger partial charge on any atom is -0.335 e. The summed E-state index contributed by atoms with van der Waals surface area (Å²) in [4.78, 5) is 17.9. The van der Waals surface area contributed by atoms with Gasteiger partial charge in [-0.1, -0.05) is 60.7 Å². The van der Waals surface area contributed by atoms with Crippen molar-refractivity contribution in [2.45, 2.75) is 13.1 Å². The van der Waals surface area contributed by atoms with Gasteiger partial charge in [-0.2, -0.15) is 0 Å². The largest absolute Gasteiger partial charge is 0.335 e. The molecular weight excluding hydrogens is 470 g/mol. The molecule has 0 N–H and O–H groups in total. The number of nitrogens with zero attached hydrogens (tertiary/aromatic N) is 3. The highest BCUT2D eigenvalue weighted by Crippen LogP contribution is 2.33. The van der Waals surface area contributed by atoms with Crippen LogP contribution >= 0.6 is 27.3 Å². The molecule has 1 saturated heterocycles. The molecule has 6 heteroatoms. The number of benzene rings is 2. The molecule has 1 aliphatic heterocycles. The molecule has 3 heterocycles. The second-order valence-electron chi connectivity index (χ2n) is 7.96. The molecule has 0 radical (unpaired) electrons. The van der Waals surface area contributed by atoms with E-state index in [2.05, 4.69) is 73.9 Å². The first-order valence-electron chi connectivity index (χ1n) is 10.6. The Morgan fingerprint density at radius 3 is 2.10 bits per heavy atom. The van der Waals surface area contributed by atoms with E-state index in [0.717, 1.165) is 52.4 Å². The number of carbonyl (C=O) groups excluding carboxylic acids is 1. The molecular formula is C25H24BrN3OS. The van der Waals surface area contributed by atoms with Crippen LogP contribution in [0.2, 0.25) is 0 Å². The first kappa shape index (κ1) is 20.5. The second kappa shape index (κ2) is 8.99. The first-order chi connectivity index (χ1) is 15.2. The fourth-order valence-corrected chi connectivity index (χ4v) is 5.80. The van der Waals surface area contributed by atoms with Crippen LogP contribution in [-0.4, -0.2) is 46.5 Å². The van der Waals surface area contributed by atoms with E-state index < -0.39 is 0 Å². The van der Waals surface area contributed by atoms with Gasteiger partial charge in [-0.25, -0.2) is 0 Å². The molecule has 158 valence electrons. The minimum absolute atomic E-state index is 0.134. The molecule has 1 aliphatic rings. The van der Waals surface area contributed by atoms with E-state index in [-0.39, 0.29) is 5.91 Å². The van der Waals surface area contributed by atoms with Gasteiger partial charge in [-0.3, -0.25) is 9.69 Å². The van der Waals surface area contributed by atoms with Crippen molar-refractivity contribution in [2.75, 3.05) is 26.2 Å². The molecule has 1 amide bonds. The summed E-state index contributed by atoms with van der Waals surface area (Å²) in [7, 11) is 0. The van der Waals surface area contributed by atoms with Crippen LogP contribution in [0.3, 0.4) is 0 Å². The number of carbonyl (C=O) groups is 1. The quantitative estimate of drug-likeness (QED) is 0.368. The monoisotopic (exact) mass is 493 g/mol. The van der Waals surface area contributed by atoms with Crippen molar-refractivity contribution in [1.82, 2.24) is 14.4 Å². The predicted octanol–water partition coefficient (Wildman–Crippen LogP) is 5.47. The summed E-state index contributed by atoms with van der Waals surface area (Å²) in [6, 6.07) is 25.1. The highest BCUT2D eigenvalue weighted by atomic mass is 79.9. The molecule has 4 aromatic rings. The van der Waals surface area contributed by atoms with Crippen molar-refractivity contribution in [3.63, 3.8) is 0 Å². The van der Waals surface area contributed by atoms with E-state index in [0.29, 0.717) is 6.54 Å². The standard InChI is InChI=1S/C25H24BrN3OS/c26-24-16-21-23(31-24)15-22(29(21)18-20-9-5-2-6-10-20)25(30)28-13-11-27(12-14-28)17-19-7-3-1-4-8-19/h1-10,15-16H,11-14,17-18H2. The Kier molecular flexibility index (Phi) is 5.94. The van der Waals surface area contributed by atoms with Crippen LogP contribution in [0.4, 0.5) is 0 Å². The van der Waals surface area contributed by atoms with Crippen LogP contribution in [0, 0.1) is 0 Å². The maximum atomic E-state index is 13.5. The molecule has 2 aromatic carbocycles. The summed E-state index contributed by atoms with van der Waals surface area (Å²) in [6.07, 6.45) is 0. The normalized spacial score (nSPS) is 14.9. The highest BCUT2D eigenvalue weighted by Gasteiger charge is 2.26. The van der Waals surface area contributed by atoms with Crippen molar-refractivity contribution in [2.24, 2.45) is 0 Å². The van der Waals surface area contributed by atoms with Crippen molar-refractivity contribution in [3.05, 3.63) is 93.4 Å². The highest BCUT2D eigenvalue weighted by molar-refractivity contribution is 9.11. The zero-order chi connectivity index (χ0) is 21.2. The lowest BCUT2D eigenvalue weighted by Gasteiger charge is -2.35. The fourth-order valence-electron chi connectivity index (χ4n) is 4.24. The fraction of sp³-hybridized carbons (Fsp3) is 0.240. The van der Waals surface area contributed by atoms with Crippen LogP contribution in [-0.2, 0) is 13.1 Å². The second-order valence-corrected chi connectivity index (χ2v) is 10.4. The molecule has 0 spiro atoms. The lowest BCUT2D eigenvalue weighted by atomic mass is 10.2. The predicted molar refractivity (Wildman–Crippen MR) is 131 cm³/mol. The average Bonchev–Trinajstić information content (AvgIpc) is 3.32. The topological polar surface area (TPSA) is 28.5 Å². The van der Waals surface area contributed by atoms with Gasteiger partial charge in [0.25, 0.3) is 5.91 Å². The number of halogens is 1. The van der Waals surface area contributed by atoms with Crippen molar-refractivity contribution in [3.8, 4) is 0 Å². The molecule has 1 fully saturated rings. The minimum atomic E-state index is 0.134. The number of piperazine rings is 1. The van der Waals surface area contributed by atoms with Crippen LogP contribution in [0.1, 0.15) is 21.6 Å². The van der Waals surface area contributed by atoms with Gasteiger partial charge in [-0.05, 0) is 39.2 Å². The summed E-state index contributed by atoms with van der Waals surface area (Å²) in [6.45, 7) is 4.97. The molecule has 0 saturated carbocycles. The van der Waals surface area contributed by atoms with E-state index in [1.165, 1.54) is 11.1 Å². The summed E-state index contributed by atoms with van der Waals surface area (Å²) < 4.78 is 4.41. The summed E-state index contributed by atoms with van der Waals surface area (Å²) in [5.41, 5.74) is 4.43. The molecule has 0 bridgehead atoms. The molecule has 0 unspecified atom stereocenters. The van der Waals surface area contributed by atoms with Crippen molar-refractivity contribution >= 4 is 43.4 Å². The van der Waals surface area contributed by atoms with E-state index in [9.17, 15) is 4.79 Å². The Labute approximate surface area is 194 Å². The first-order valence-corrected chi connectivity index (χ1v) is 12.2. The smallest absolute Gasteiger partial charge is 0.270 e. The average molecular weight is 494 g/mol. The van der Waals surface area contributed by atoms with Gasteiger partial charge in [0.2, 0.25) is 0 Å². The number of hydrogen-bond acceptors (Lipinski definition) is 3. The van der Waals surface area contributed by atoms with Gasteiger partial charge >= 0.3 is 0 Å². The number of rotatable bonds is 5. The van der Waals surface area contributed by atoms with Gasteiger partial charge in [-0.15, -0.1) is 11.3 Å². The Morgan fingerprint density at radius 1 is 0.839 bits per heavy atom. The summed E-state index contributed by atoms with van der Waals surface area (Å²) in [5.74, 6) is 0.134. The maximum absolute atomic E-state index is 13.5.